The Morgan fingerprint density at radius 2 is 1.42 bits per heavy atom. The summed E-state index contributed by atoms with van der Waals surface area (Å²) in [5.74, 6) is 0.0557. The Morgan fingerprint density at radius 3 is 1.50 bits per heavy atom. The minimum absolute atomic E-state index is 0.0557. The van der Waals surface area contributed by atoms with Crippen molar-refractivity contribution in [1.29, 1.82) is 0 Å². The van der Waals surface area contributed by atoms with Crippen molar-refractivity contribution in [1.82, 2.24) is 3.71 Å². The molecule has 0 bridgehead atoms. The summed E-state index contributed by atoms with van der Waals surface area (Å²) in [6, 6.07) is 0. The molecule has 73 valence electrons. The summed E-state index contributed by atoms with van der Waals surface area (Å²) in [5, 5.41) is 0. The molecule has 0 spiro atoms. The molecule has 0 amide bonds. The SMILES string of the molecule is CS(=O)(=O)N(CC[S])S(C)(=O)=O. The van der Waals surface area contributed by atoms with Crippen molar-refractivity contribution in [3.8, 4) is 0 Å². The molecule has 0 fully saturated rings. The van der Waals surface area contributed by atoms with Gasteiger partial charge in [-0.25, -0.2) is 16.8 Å². The molecule has 0 aliphatic rings. The van der Waals surface area contributed by atoms with Gasteiger partial charge in [-0.1, -0.05) is 16.3 Å². The maximum Gasteiger partial charge on any atom is 0.224 e. The van der Waals surface area contributed by atoms with E-state index in [1.54, 1.807) is 0 Å². The van der Waals surface area contributed by atoms with Crippen LogP contribution in [0.1, 0.15) is 0 Å². The van der Waals surface area contributed by atoms with E-state index in [0.29, 0.717) is 3.71 Å². The molecular formula is C4H10NO4S3. The van der Waals surface area contributed by atoms with E-state index in [1.807, 2.05) is 0 Å². The zero-order chi connectivity index (χ0) is 9.99. The van der Waals surface area contributed by atoms with E-state index in [1.165, 1.54) is 0 Å². The van der Waals surface area contributed by atoms with Gasteiger partial charge in [0.05, 0.1) is 12.5 Å². The van der Waals surface area contributed by atoms with Crippen LogP contribution in [-0.4, -0.2) is 45.4 Å². The molecule has 0 aliphatic heterocycles. The van der Waals surface area contributed by atoms with Crippen LogP contribution in [0, 0.1) is 0 Å². The highest BCUT2D eigenvalue weighted by atomic mass is 32.3. The molecule has 8 heteroatoms. The van der Waals surface area contributed by atoms with Crippen LogP contribution in [0.2, 0.25) is 0 Å². The highest BCUT2D eigenvalue weighted by Crippen LogP contribution is 2.04. The Bertz CT molecular complexity index is 297. The molecule has 0 rings (SSSR count). The Kier molecular flexibility index (Phi) is 4.01. The molecule has 0 unspecified atom stereocenters. The second-order valence-corrected chi connectivity index (χ2v) is 6.68. The molecule has 0 atom stereocenters. The molecule has 0 saturated carbocycles. The summed E-state index contributed by atoms with van der Waals surface area (Å²) < 4.78 is 43.9. The number of sulfonamides is 2. The number of hydrogen-bond acceptors (Lipinski definition) is 4. The molecule has 5 nitrogen and oxygen atoms in total. The van der Waals surface area contributed by atoms with Crippen LogP contribution in [0.25, 0.3) is 0 Å². The number of nitrogens with zero attached hydrogens (tertiary/aromatic N) is 1. The number of hydrogen-bond donors (Lipinski definition) is 0. The average Bonchev–Trinajstić information content (AvgIpc) is 1.77. The van der Waals surface area contributed by atoms with Crippen LogP contribution in [-0.2, 0) is 20.0 Å². The highest BCUT2D eigenvalue weighted by Gasteiger charge is 2.25. The fourth-order valence-electron chi connectivity index (χ4n) is 0.652. The fourth-order valence-corrected chi connectivity index (χ4v) is 3.88. The summed E-state index contributed by atoms with van der Waals surface area (Å²) in [4.78, 5) is 0. The van der Waals surface area contributed by atoms with E-state index in [2.05, 4.69) is 12.6 Å². The van der Waals surface area contributed by atoms with Crippen molar-refractivity contribution in [2.24, 2.45) is 0 Å². The van der Waals surface area contributed by atoms with Crippen molar-refractivity contribution >= 4 is 32.7 Å². The first kappa shape index (κ1) is 12.2. The van der Waals surface area contributed by atoms with Gasteiger partial charge < -0.3 is 0 Å². The molecule has 0 aromatic carbocycles. The first-order valence-electron chi connectivity index (χ1n) is 2.95. The lowest BCUT2D eigenvalue weighted by molar-refractivity contribution is 0.516. The second kappa shape index (κ2) is 3.95. The monoisotopic (exact) mass is 232 g/mol. The third-order valence-electron chi connectivity index (χ3n) is 1.01. The summed E-state index contributed by atoms with van der Waals surface area (Å²) in [6.07, 6.45) is 1.66. The Hall–Kier alpha value is 0.210. The lowest BCUT2D eigenvalue weighted by Crippen LogP contribution is -2.36. The van der Waals surface area contributed by atoms with Crippen LogP contribution in [0.3, 0.4) is 0 Å². The maximum atomic E-state index is 10.9. The third kappa shape index (κ3) is 3.74. The molecule has 0 saturated heterocycles. The van der Waals surface area contributed by atoms with Gasteiger partial charge in [0.15, 0.2) is 0 Å². The largest absolute Gasteiger partial charge is 0.224 e. The third-order valence-corrected chi connectivity index (χ3v) is 4.67. The van der Waals surface area contributed by atoms with Gasteiger partial charge in [0, 0.05) is 12.3 Å². The molecule has 0 aromatic heterocycles. The van der Waals surface area contributed by atoms with Gasteiger partial charge in [0.1, 0.15) is 0 Å². The highest BCUT2D eigenvalue weighted by molar-refractivity contribution is 8.03. The predicted octanol–water partition coefficient (Wildman–Crippen LogP) is -0.595. The zero-order valence-corrected chi connectivity index (χ0v) is 9.17. The van der Waals surface area contributed by atoms with Crippen molar-refractivity contribution < 1.29 is 16.8 Å². The lowest BCUT2D eigenvalue weighted by Gasteiger charge is -2.15. The Labute approximate surface area is 78.3 Å². The minimum atomic E-state index is -3.71. The van der Waals surface area contributed by atoms with Gasteiger partial charge in [-0.3, -0.25) is 0 Å². The van der Waals surface area contributed by atoms with E-state index in [9.17, 15) is 16.8 Å². The minimum Gasteiger partial charge on any atom is -0.212 e. The summed E-state index contributed by atoms with van der Waals surface area (Å²) in [7, 11) is -7.41. The van der Waals surface area contributed by atoms with Crippen molar-refractivity contribution in [3.05, 3.63) is 0 Å². The average molecular weight is 232 g/mol. The molecule has 12 heavy (non-hydrogen) atoms. The van der Waals surface area contributed by atoms with Crippen LogP contribution >= 0.6 is 12.6 Å². The van der Waals surface area contributed by atoms with E-state index in [0.717, 1.165) is 12.5 Å². The number of rotatable bonds is 4. The first-order valence-corrected chi connectivity index (χ1v) is 7.23. The van der Waals surface area contributed by atoms with E-state index >= 15 is 0 Å². The van der Waals surface area contributed by atoms with Gasteiger partial charge in [-0.05, 0) is 0 Å². The van der Waals surface area contributed by atoms with Gasteiger partial charge in [-0.15, -0.1) is 0 Å². The van der Waals surface area contributed by atoms with Crippen molar-refractivity contribution in [3.63, 3.8) is 0 Å². The molecule has 0 aliphatic carbocycles. The molecular weight excluding hydrogens is 222 g/mol. The van der Waals surface area contributed by atoms with Gasteiger partial charge in [0.25, 0.3) is 0 Å². The normalized spacial score (nSPS) is 13.7. The van der Waals surface area contributed by atoms with Crippen LogP contribution in [0.4, 0.5) is 0 Å². The van der Waals surface area contributed by atoms with Crippen LogP contribution < -0.4 is 0 Å². The Morgan fingerprint density at radius 1 is 1.08 bits per heavy atom. The summed E-state index contributed by atoms with van der Waals surface area (Å²) >= 11 is 4.50. The van der Waals surface area contributed by atoms with E-state index in [4.69, 9.17) is 0 Å². The van der Waals surface area contributed by atoms with Crippen LogP contribution in [0.15, 0.2) is 0 Å². The molecule has 1 radical (unpaired) electrons. The summed E-state index contributed by atoms with van der Waals surface area (Å²) in [5.41, 5.74) is 0. The summed E-state index contributed by atoms with van der Waals surface area (Å²) in [6.45, 7) is -0.174. The standard InChI is InChI=1S/C4H10NO4S3/c1-11(6,7)5(3-4-10)12(2,8)9/h3-4H2,1-2H3. The van der Waals surface area contributed by atoms with Gasteiger partial charge in [0.2, 0.25) is 20.0 Å². The van der Waals surface area contributed by atoms with E-state index in [-0.39, 0.29) is 12.3 Å². The smallest absolute Gasteiger partial charge is 0.212 e. The fraction of sp³-hybridized carbons (Fsp3) is 1.00. The van der Waals surface area contributed by atoms with Gasteiger partial charge in [-0.2, -0.15) is 0 Å². The second-order valence-electron chi connectivity index (χ2n) is 2.23. The van der Waals surface area contributed by atoms with Crippen LogP contribution in [0.5, 0.6) is 0 Å². The Balaban J connectivity index is 4.97. The molecule has 0 N–H and O–H groups in total. The lowest BCUT2D eigenvalue weighted by atomic mass is 10.8. The van der Waals surface area contributed by atoms with Crippen molar-refractivity contribution in [2.45, 2.75) is 0 Å². The predicted molar refractivity (Wildman–Crippen MR) is 48.9 cm³/mol. The van der Waals surface area contributed by atoms with Crippen molar-refractivity contribution in [2.75, 3.05) is 24.8 Å². The maximum absolute atomic E-state index is 10.9. The zero-order valence-electron chi connectivity index (χ0n) is 6.72. The first-order chi connectivity index (χ1) is 5.19. The molecule has 0 aromatic rings. The molecule has 0 heterocycles. The topological polar surface area (TPSA) is 71.5 Å². The van der Waals surface area contributed by atoms with E-state index < -0.39 is 20.0 Å². The quantitative estimate of drug-likeness (QED) is 0.649. The van der Waals surface area contributed by atoms with Gasteiger partial charge >= 0.3 is 0 Å².